The Labute approximate surface area is 144 Å². The molecular formula is C16H27N3O4S. The summed E-state index contributed by atoms with van der Waals surface area (Å²) in [4.78, 5) is 4.39. The predicted molar refractivity (Wildman–Crippen MR) is 98.1 cm³/mol. The largest absolute Gasteiger partial charge is 0.493 e. The number of hydrogen-bond donors (Lipinski definition) is 2. The van der Waals surface area contributed by atoms with Crippen LogP contribution >= 0.6 is 0 Å². The van der Waals surface area contributed by atoms with E-state index in [-0.39, 0.29) is 5.75 Å². The molecule has 1 rings (SSSR count). The summed E-state index contributed by atoms with van der Waals surface area (Å²) in [5.41, 5.74) is 0.807. The van der Waals surface area contributed by atoms with E-state index in [1.807, 2.05) is 32.0 Å². The zero-order valence-corrected chi connectivity index (χ0v) is 15.6. The van der Waals surface area contributed by atoms with Gasteiger partial charge in [-0.15, -0.1) is 0 Å². The van der Waals surface area contributed by atoms with Gasteiger partial charge in [-0.2, -0.15) is 0 Å². The van der Waals surface area contributed by atoms with Crippen LogP contribution in [0.4, 0.5) is 5.69 Å². The standard InChI is InChI=1S/C16H27N3O4S/c1-5-17-16(18-10-7-11-24(4,20)21)19-13-8-9-14(22-3)15(12-13)23-6-2/h8-9,12H,5-7,10-11H2,1-4H3,(H2,17,18,19). The monoisotopic (exact) mass is 357 g/mol. The maximum absolute atomic E-state index is 11.1. The molecule has 0 aromatic heterocycles. The molecule has 2 N–H and O–H groups in total. The van der Waals surface area contributed by atoms with Crippen molar-refractivity contribution in [3.8, 4) is 11.5 Å². The van der Waals surface area contributed by atoms with Gasteiger partial charge in [0.25, 0.3) is 0 Å². The number of hydrogen-bond acceptors (Lipinski definition) is 5. The molecule has 0 amide bonds. The molecule has 1 aromatic carbocycles. The summed E-state index contributed by atoms with van der Waals surface area (Å²) in [6.45, 7) is 5.54. The second-order valence-corrected chi connectivity index (χ2v) is 7.43. The highest BCUT2D eigenvalue weighted by Gasteiger charge is 2.07. The fourth-order valence-corrected chi connectivity index (χ4v) is 2.64. The molecule has 0 fully saturated rings. The molecule has 0 aliphatic carbocycles. The number of aliphatic imine (C=N–C) groups is 1. The lowest BCUT2D eigenvalue weighted by atomic mass is 10.2. The Bertz CT molecular complexity index is 645. The third-order valence-corrected chi connectivity index (χ3v) is 4.04. The Hall–Kier alpha value is -1.96. The van der Waals surface area contributed by atoms with Crippen molar-refractivity contribution in [2.75, 3.05) is 44.1 Å². The van der Waals surface area contributed by atoms with E-state index in [1.165, 1.54) is 6.26 Å². The average Bonchev–Trinajstić information content (AvgIpc) is 2.51. The predicted octanol–water partition coefficient (Wildman–Crippen LogP) is 1.91. The van der Waals surface area contributed by atoms with Gasteiger partial charge in [0.2, 0.25) is 0 Å². The van der Waals surface area contributed by atoms with E-state index in [4.69, 9.17) is 9.47 Å². The van der Waals surface area contributed by atoms with Crippen molar-refractivity contribution in [2.24, 2.45) is 4.99 Å². The number of nitrogens with zero attached hydrogens (tertiary/aromatic N) is 1. The Morgan fingerprint density at radius 2 is 2.00 bits per heavy atom. The molecule has 1 aromatic rings. The lowest BCUT2D eigenvalue weighted by Gasteiger charge is -2.14. The lowest BCUT2D eigenvalue weighted by molar-refractivity contribution is 0.311. The highest BCUT2D eigenvalue weighted by Crippen LogP contribution is 2.30. The third-order valence-electron chi connectivity index (χ3n) is 3.01. The van der Waals surface area contributed by atoms with Gasteiger partial charge in [-0.05, 0) is 32.4 Å². The van der Waals surface area contributed by atoms with Crippen molar-refractivity contribution < 1.29 is 17.9 Å². The summed E-state index contributed by atoms with van der Waals surface area (Å²) in [6.07, 6.45) is 1.72. The minimum Gasteiger partial charge on any atom is -0.493 e. The van der Waals surface area contributed by atoms with Crippen molar-refractivity contribution >= 4 is 21.5 Å². The van der Waals surface area contributed by atoms with Crippen LogP contribution < -0.4 is 20.1 Å². The number of ether oxygens (including phenoxy) is 2. The summed E-state index contributed by atoms with van der Waals surface area (Å²) in [6, 6.07) is 5.52. The molecule has 136 valence electrons. The molecule has 0 saturated carbocycles. The molecule has 0 spiro atoms. The molecule has 7 nitrogen and oxygen atoms in total. The summed E-state index contributed by atoms with van der Waals surface area (Å²) in [7, 11) is -1.36. The molecule has 0 bridgehead atoms. The maximum Gasteiger partial charge on any atom is 0.195 e. The van der Waals surface area contributed by atoms with Crippen LogP contribution in [0.15, 0.2) is 23.2 Å². The number of rotatable bonds is 9. The first-order valence-corrected chi connectivity index (χ1v) is 9.99. The highest BCUT2D eigenvalue weighted by atomic mass is 32.2. The van der Waals surface area contributed by atoms with Crippen molar-refractivity contribution in [1.29, 1.82) is 0 Å². The first-order valence-electron chi connectivity index (χ1n) is 7.93. The van der Waals surface area contributed by atoms with Gasteiger partial charge < -0.3 is 20.1 Å². The molecule has 0 heterocycles. The van der Waals surface area contributed by atoms with Crippen molar-refractivity contribution in [1.82, 2.24) is 5.32 Å². The van der Waals surface area contributed by atoms with Crippen LogP contribution in [0.2, 0.25) is 0 Å². The van der Waals surface area contributed by atoms with Crippen LogP contribution in [-0.4, -0.2) is 53.2 Å². The van der Waals surface area contributed by atoms with Gasteiger partial charge in [0, 0.05) is 31.1 Å². The number of nitrogens with one attached hydrogen (secondary N) is 2. The fourth-order valence-electron chi connectivity index (χ4n) is 1.98. The summed E-state index contributed by atoms with van der Waals surface area (Å²) in [5.74, 6) is 2.04. The molecule has 24 heavy (non-hydrogen) atoms. The molecule has 0 unspecified atom stereocenters. The van der Waals surface area contributed by atoms with Crippen LogP contribution in [0.3, 0.4) is 0 Å². The Morgan fingerprint density at radius 1 is 1.25 bits per heavy atom. The van der Waals surface area contributed by atoms with Crippen LogP contribution in [0.5, 0.6) is 11.5 Å². The smallest absolute Gasteiger partial charge is 0.195 e. The molecule has 0 radical (unpaired) electrons. The summed E-state index contributed by atoms with van der Waals surface area (Å²) < 4.78 is 33.1. The van der Waals surface area contributed by atoms with E-state index >= 15 is 0 Å². The summed E-state index contributed by atoms with van der Waals surface area (Å²) >= 11 is 0. The topological polar surface area (TPSA) is 89.0 Å². The highest BCUT2D eigenvalue weighted by molar-refractivity contribution is 7.90. The zero-order valence-electron chi connectivity index (χ0n) is 14.8. The molecule has 0 aliphatic heterocycles. The first kappa shape index (κ1) is 20.1. The van der Waals surface area contributed by atoms with Crippen molar-refractivity contribution in [2.45, 2.75) is 20.3 Å². The van der Waals surface area contributed by atoms with E-state index in [9.17, 15) is 8.42 Å². The number of guanidine groups is 1. The van der Waals surface area contributed by atoms with E-state index in [2.05, 4.69) is 15.6 Å². The van der Waals surface area contributed by atoms with E-state index < -0.39 is 9.84 Å². The fraction of sp³-hybridized carbons (Fsp3) is 0.562. The first-order chi connectivity index (χ1) is 11.4. The SMILES string of the molecule is CCNC(=NCCCS(C)(=O)=O)Nc1ccc(OC)c(OCC)c1. The van der Waals surface area contributed by atoms with Crippen LogP contribution in [0.25, 0.3) is 0 Å². The Morgan fingerprint density at radius 3 is 2.58 bits per heavy atom. The van der Waals surface area contributed by atoms with Gasteiger partial charge in [0.05, 0.1) is 19.5 Å². The molecule has 0 atom stereocenters. The molecular weight excluding hydrogens is 330 g/mol. The lowest BCUT2D eigenvalue weighted by Crippen LogP contribution is -2.30. The number of sulfone groups is 1. The van der Waals surface area contributed by atoms with Crippen molar-refractivity contribution in [3.63, 3.8) is 0 Å². The zero-order chi connectivity index (χ0) is 18.0. The van der Waals surface area contributed by atoms with E-state index in [1.54, 1.807) is 7.11 Å². The minimum atomic E-state index is -2.95. The van der Waals surface area contributed by atoms with E-state index in [0.29, 0.717) is 43.6 Å². The number of benzene rings is 1. The van der Waals surface area contributed by atoms with E-state index in [0.717, 1.165) is 5.69 Å². The van der Waals surface area contributed by atoms with Crippen LogP contribution in [0.1, 0.15) is 20.3 Å². The molecule has 0 saturated heterocycles. The second-order valence-electron chi connectivity index (χ2n) is 5.17. The number of anilines is 1. The third kappa shape index (κ3) is 7.54. The second kappa shape index (κ2) is 10.0. The van der Waals surface area contributed by atoms with Gasteiger partial charge in [0.15, 0.2) is 17.5 Å². The van der Waals surface area contributed by atoms with Crippen LogP contribution in [-0.2, 0) is 9.84 Å². The maximum atomic E-state index is 11.1. The Balaban J connectivity index is 2.78. The van der Waals surface area contributed by atoms with Gasteiger partial charge in [-0.25, -0.2) is 8.42 Å². The molecule has 0 aliphatic rings. The quantitative estimate of drug-likeness (QED) is 0.399. The Kier molecular flexibility index (Phi) is 8.39. The average molecular weight is 357 g/mol. The number of methoxy groups -OCH3 is 1. The van der Waals surface area contributed by atoms with Gasteiger partial charge in [-0.3, -0.25) is 4.99 Å². The normalized spacial score (nSPS) is 11.9. The van der Waals surface area contributed by atoms with Gasteiger partial charge >= 0.3 is 0 Å². The van der Waals surface area contributed by atoms with Crippen molar-refractivity contribution in [3.05, 3.63) is 18.2 Å². The van der Waals surface area contributed by atoms with Gasteiger partial charge in [-0.1, -0.05) is 0 Å². The van der Waals surface area contributed by atoms with Crippen LogP contribution in [0, 0.1) is 0 Å². The minimum absolute atomic E-state index is 0.132. The molecule has 8 heteroatoms. The summed E-state index contributed by atoms with van der Waals surface area (Å²) in [5, 5.41) is 6.31. The van der Waals surface area contributed by atoms with Gasteiger partial charge in [0.1, 0.15) is 9.84 Å².